The molecule has 1 aliphatic rings. The first-order chi connectivity index (χ1) is 15.7. The summed E-state index contributed by atoms with van der Waals surface area (Å²) < 4.78 is 11.2. The van der Waals surface area contributed by atoms with Gasteiger partial charge < -0.3 is 0 Å². The van der Waals surface area contributed by atoms with Crippen molar-refractivity contribution in [2.75, 3.05) is 0 Å². The van der Waals surface area contributed by atoms with E-state index in [0.717, 1.165) is 11.1 Å². The molecule has 1 heterocycles. The second-order valence-electron chi connectivity index (χ2n) is 10.8. The predicted molar refractivity (Wildman–Crippen MR) is 138 cm³/mol. The largest absolute Gasteiger partial charge is 0.220 e. The number of hydrogen-bond donors (Lipinski definition) is 0. The molecule has 4 rings (SSSR count). The number of fused-ring (bicyclic) bond motifs is 1. The van der Waals surface area contributed by atoms with Crippen molar-refractivity contribution in [2.24, 2.45) is 18.9 Å². The molecule has 1 saturated carbocycles. The molecular weight excluding hydrogens is 386 g/mol. The number of aromatic nitrogens is 1. The molecule has 0 aliphatic heterocycles. The summed E-state index contributed by atoms with van der Waals surface area (Å²) in [6.45, 7) is 13.6. The SMILES string of the molecule is [2H]c1c(C)[n+](C)c(-c2cc(C3CCCCC3)ccc2C)c2ccc(C(C(C)C)C(C)C)cc12. The van der Waals surface area contributed by atoms with Crippen molar-refractivity contribution >= 4 is 10.8 Å². The van der Waals surface area contributed by atoms with Crippen LogP contribution >= 0.6 is 0 Å². The molecule has 0 radical (unpaired) electrons. The summed E-state index contributed by atoms with van der Waals surface area (Å²) in [5.74, 6) is 2.34. The van der Waals surface area contributed by atoms with E-state index in [0.29, 0.717) is 29.7 Å². The Kier molecular flexibility index (Phi) is 6.35. The Balaban J connectivity index is 1.93. The lowest BCUT2D eigenvalue weighted by Crippen LogP contribution is -2.35. The lowest BCUT2D eigenvalue weighted by molar-refractivity contribution is -0.665. The Morgan fingerprint density at radius 2 is 1.59 bits per heavy atom. The molecule has 32 heavy (non-hydrogen) atoms. The van der Waals surface area contributed by atoms with Crippen LogP contribution in [-0.4, -0.2) is 0 Å². The zero-order valence-electron chi connectivity index (χ0n) is 22.3. The zero-order chi connectivity index (χ0) is 23.9. The topological polar surface area (TPSA) is 3.88 Å². The molecular formula is C31H42N+. The number of pyridine rings is 1. The van der Waals surface area contributed by atoms with Gasteiger partial charge in [-0.3, -0.25) is 0 Å². The molecule has 1 nitrogen and oxygen atoms in total. The van der Waals surface area contributed by atoms with Crippen molar-refractivity contribution in [3.8, 4) is 11.3 Å². The van der Waals surface area contributed by atoms with Gasteiger partial charge in [-0.2, -0.15) is 4.57 Å². The second kappa shape index (κ2) is 9.38. The Bertz CT molecular complexity index is 1140. The fourth-order valence-electron chi connectivity index (χ4n) is 6.16. The fraction of sp³-hybridized carbons (Fsp3) is 0.516. The molecule has 1 aromatic heterocycles. The molecule has 3 aromatic rings. The van der Waals surface area contributed by atoms with Crippen LogP contribution in [0, 0.1) is 25.7 Å². The summed E-state index contributed by atoms with van der Waals surface area (Å²) in [7, 11) is 2.13. The molecule has 170 valence electrons. The first-order valence-electron chi connectivity index (χ1n) is 13.2. The highest BCUT2D eigenvalue weighted by molar-refractivity contribution is 5.94. The van der Waals surface area contributed by atoms with Crippen LogP contribution in [0.5, 0.6) is 0 Å². The minimum Gasteiger partial charge on any atom is -0.198 e. The van der Waals surface area contributed by atoms with E-state index >= 15 is 0 Å². The summed E-state index contributed by atoms with van der Waals surface area (Å²) in [6.07, 6.45) is 6.72. The fourth-order valence-corrected chi connectivity index (χ4v) is 6.16. The third kappa shape index (κ3) is 4.36. The van der Waals surface area contributed by atoms with Crippen molar-refractivity contribution in [3.05, 3.63) is 64.8 Å². The first kappa shape index (κ1) is 21.7. The Hall–Kier alpha value is -2.15. The minimum absolute atomic E-state index is 0.503. The van der Waals surface area contributed by atoms with Crippen LogP contribution in [0.25, 0.3) is 22.0 Å². The summed E-state index contributed by atoms with van der Waals surface area (Å²) in [4.78, 5) is 0. The van der Waals surface area contributed by atoms with E-state index in [4.69, 9.17) is 1.37 Å². The smallest absolute Gasteiger partial charge is 0.198 e. The molecule has 2 aromatic carbocycles. The van der Waals surface area contributed by atoms with Gasteiger partial charge in [-0.05, 0) is 77.6 Å². The highest BCUT2D eigenvalue weighted by atomic mass is 14.9. The van der Waals surface area contributed by atoms with Gasteiger partial charge in [-0.15, -0.1) is 0 Å². The molecule has 0 unspecified atom stereocenters. The molecule has 0 atom stereocenters. The lowest BCUT2D eigenvalue weighted by Gasteiger charge is -2.26. The Labute approximate surface area is 197 Å². The van der Waals surface area contributed by atoms with Gasteiger partial charge in [-0.1, -0.05) is 71.2 Å². The van der Waals surface area contributed by atoms with Crippen LogP contribution in [-0.2, 0) is 7.05 Å². The normalized spacial score (nSPS) is 15.9. The van der Waals surface area contributed by atoms with E-state index in [-0.39, 0.29) is 0 Å². The first-order valence-corrected chi connectivity index (χ1v) is 12.7. The molecule has 1 fully saturated rings. The maximum absolute atomic E-state index is 8.98. The number of rotatable bonds is 5. The van der Waals surface area contributed by atoms with Crippen LogP contribution in [0.3, 0.4) is 0 Å². The summed E-state index contributed by atoms with van der Waals surface area (Å²) in [6, 6.07) is 14.7. The highest BCUT2D eigenvalue weighted by Gasteiger charge is 2.25. The third-order valence-electron chi connectivity index (χ3n) is 7.87. The van der Waals surface area contributed by atoms with Crippen LogP contribution in [0.4, 0.5) is 0 Å². The predicted octanol–water partition coefficient (Wildman–Crippen LogP) is 8.39. The second-order valence-corrected chi connectivity index (χ2v) is 10.8. The van der Waals surface area contributed by atoms with Crippen molar-refractivity contribution in [3.63, 3.8) is 0 Å². The van der Waals surface area contributed by atoms with Gasteiger partial charge >= 0.3 is 0 Å². The van der Waals surface area contributed by atoms with Gasteiger partial charge in [0.15, 0.2) is 5.69 Å². The van der Waals surface area contributed by atoms with Crippen LogP contribution in [0.15, 0.2) is 42.4 Å². The van der Waals surface area contributed by atoms with Crippen LogP contribution in [0.1, 0.15) is 95.4 Å². The maximum atomic E-state index is 8.98. The van der Waals surface area contributed by atoms with Crippen LogP contribution in [0.2, 0.25) is 0 Å². The van der Waals surface area contributed by atoms with Gasteiger partial charge in [0.25, 0.3) is 0 Å². The zero-order valence-corrected chi connectivity index (χ0v) is 21.3. The summed E-state index contributed by atoms with van der Waals surface area (Å²) >= 11 is 0. The average molecular weight is 430 g/mol. The molecule has 0 bridgehead atoms. The number of hydrogen-bond acceptors (Lipinski definition) is 0. The molecule has 0 amide bonds. The Morgan fingerprint density at radius 1 is 0.906 bits per heavy atom. The van der Waals surface area contributed by atoms with Gasteiger partial charge in [0, 0.05) is 18.5 Å². The number of nitrogens with zero attached hydrogens (tertiary/aromatic N) is 1. The van der Waals surface area contributed by atoms with Crippen molar-refractivity contribution in [2.45, 2.75) is 85.5 Å². The molecule has 0 spiro atoms. The van der Waals surface area contributed by atoms with Gasteiger partial charge in [-0.25, -0.2) is 0 Å². The highest BCUT2D eigenvalue weighted by Crippen LogP contribution is 2.38. The molecule has 1 aliphatic carbocycles. The van der Waals surface area contributed by atoms with E-state index in [2.05, 4.69) is 89.6 Å². The quantitative estimate of drug-likeness (QED) is 0.358. The number of benzene rings is 2. The lowest BCUT2D eigenvalue weighted by atomic mass is 9.79. The minimum atomic E-state index is 0.503. The van der Waals surface area contributed by atoms with E-state index in [1.54, 1.807) is 0 Å². The average Bonchev–Trinajstić information content (AvgIpc) is 2.79. The van der Waals surface area contributed by atoms with E-state index in [9.17, 15) is 0 Å². The van der Waals surface area contributed by atoms with Gasteiger partial charge in [0.1, 0.15) is 7.05 Å². The van der Waals surface area contributed by atoms with E-state index in [1.165, 1.54) is 65.4 Å². The Morgan fingerprint density at radius 3 is 2.25 bits per heavy atom. The maximum Gasteiger partial charge on any atom is 0.220 e. The van der Waals surface area contributed by atoms with Crippen LogP contribution < -0.4 is 4.57 Å². The summed E-state index contributed by atoms with van der Waals surface area (Å²) in [5.41, 5.74) is 7.79. The number of aryl methyl sites for hydroxylation is 1. The van der Waals surface area contributed by atoms with Crippen molar-refractivity contribution in [1.29, 1.82) is 0 Å². The van der Waals surface area contributed by atoms with Gasteiger partial charge in [0.05, 0.1) is 6.76 Å². The standard InChI is InChI=1S/C31H42N/c1-20(2)30(21(3)4)26-15-16-28-27(18-26)17-23(6)32(7)31(28)29-19-25(14-13-22(29)5)24-11-9-8-10-12-24/h13-21,24,30H,8-12H2,1-7H3/q+1/i17D. The van der Waals surface area contributed by atoms with Crippen molar-refractivity contribution in [1.82, 2.24) is 0 Å². The third-order valence-corrected chi connectivity index (χ3v) is 7.87. The molecule has 0 saturated heterocycles. The van der Waals surface area contributed by atoms with E-state index in [1.807, 2.05) is 0 Å². The van der Waals surface area contributed by atoms with E-state index < -0.39 is 0 Å². The van der Waals surface area contributed by atoms with Crippen molar-refractivity contribution < 1.29 is 5.94 Å². The summed E-state index contributed by atoms with van der Waals surface area (Å²) in [5, 5.41) is 2.29. The van der Waals surface area contributed by atoms with Gasteiger partial charge in [0.2, 0.25) is 5.69 Å². The molecule has 1 heteroatoms. The molecule has 0 N–H and O–H groups in total. The monoisotopic (exact) mass is 429 g/mol.